The number of piperidine rings is 1. The molecule has 0 amide bonds. The second-order valence-corrected chi connectivity index (χ2v) is 9.16. The normalized spacial score (nSPS) is 13.8. The molecule has 1 fully saturated rings. The Kier molecular flexibility index (Phi) is 8.78. The smallest absolute Gasteiger partial charge is 0.475 e. The number of nitrogens with zero attached hydrogens (tertiary/aromatic N) is 4. The van der Waals surface area contributed by atoms with Gasteiger partial charge in [0.2, 0.25) is 0 Å². The molecule has 2 N–H and O–H groups in total. The molecular weight excluding hydrogens is 530 g/mol. The second-order valence-electron chi connectivity index (χ2n) is 9.16. The highest BCUT2D eigenvalue weighted by molar-refractivity contribution is 5.77. The third-order valence-corrected chi connectivity index (χ3v) is 6.49. The van der Waals surface area contributed by atoms with Crippen molar-refractivity contribution in [1.29, 1.82) is 0 Å². The van der Waals surface area contributed by atoms with Crippen molar-refractivity contribution in [2.45, 2.75) is 38.9 Å². The fraction of sp³-hybridized carbons (Fsp3) is 0.286. The number of aliphatic carboxylic acids is 1. The Balaban J connectivity index is 0.000000470. The monoisotopic (exact) mass is 557 g/mol. The maximum Gasteiger partial charge on any atom is 0.490 e. The molecule has 4 aromatic rings. The van der Waals surface area contributed by atoms with Gasteiger partial charge in [0.25, 0.3) is 0 Å². The summed E-state index contributed by atoms with van der Waals surface area (Å²) >= 11 is 0. The maximum absolute atomic E-state index is 13.6. The number of halogens is 4. The number of carboxylic acids is 1. The van der Waals surface area contributed by atoms with E-state index in [0.717, 1.165) is 65.5 Å². The van der Waals surface area contributed by atoms with Crippen LogP contribution in [0.5, 0.6) is 11.8 Å². The Morgan fingerprint density at radius 3 is 2.38 bits per heavy atom. The number of benzene rings is 2. The van der Waals surface area contributed by atoms with Crippen LogP contribution in [0.3, 0.4) is 0 Å². The van der Waals surface area contributed by atoms with Gasteiger partial charge in [-0.1, -0.05) is 12.1 Å². The molecule has 0 radical (unpaired) electrons. The zero-order chi connectivity index (χ0) is 28.9. The molecule has 0 bridgehead atoms. The molecule has 12 heteroatoms. The van der Waals surface area contributed by atoms with E-state index in [4.69, 9.17) is 24.6 Å². The van der Waals surface area contributed by atoms with Gasteiger partial charge in [-0.3, -0.25) is 0 Å². The van der Waals surface area contributed by atoms with Gasteiger partial charge in [-0.15, -0.1) is 0 Å². The Morgan fingerprint density at radius 2 is 1.73 bits per heavy atom. The molecule has 8 nitrogen and oxygen atoms in total. The number of aryl methyl sites for hydroxylation is 1. The van der Waals surface area contributed by atoms with Crippen molar-refractivity contribution in [1.82, 2.24) is 24.8 Å². The van der Waals surface area contributed by atoms with Crippen LogP contribution in [0.2, 0.25) is 0 Å². The standard InChI is InChI=1S/C26H26FN5O.C2HF3O2/c1-17-4-3-5-23(18(17)2)33-26-29-15-12-22(31-26)25-24(19-6-8-20(27)9-7-19)30-16-32(25)21-10-13-28-14-11-21;3-2(4,5)1(6)7/h3-9,12,15-16,21,28H,10-11,13-14H2,1-2H3;(H,6,7). The van der Waals surface area contributed by atoms with Crippen LogP contribution in [0, 0.1) is 19.7 Å². The summed E-state index contributed by atoms with van der Waals surface area (Å²) in [6.45, 7) is 5.98. The largest absolute Gasteiger partial charge is 0.490 e. The van der Waals surface area contributed by atoms with Crippen molar-refractivity contribution in [3.63, 3.8) is 0 Å². The highest BCUT2D eigenvalue weighted by Crippen LogP contribution is 2.35. The van der Waals surface area contributed by atoms with E-state index in [2.05, 4.69) is 14.9 Å². The molecule has 2 aromatic heterocycles. The first-order chi connectivity index (χ1) is 19.0. The van der Waals surface area contributed by atoms with E-state index >= 15 is 0 Å². The number of hydrogen-bond acceptors (Lipinski definition) is 6. The number of carbonyl (C=O) groups is 1. The summed E-state index contributed by atoms with van der Waals surface area (Å²) in [5.74, 6) is -2.30. The summed E-state index contributed by atoms with van der Waals surface area (Å²) in [5.41, 5.74) is 5.42. The van der Waals surface area contributed by atoms with Crippen molar-refractivity contribution >= 4 is 5.97 Å². The third kappa shape index (κ3) is 6.81. The minimum atomic E-state index is -5.08. The van der Waals surface area contributed by atoms with E-state index in [-0.39, 0.29) is 11.8 Å². The predicted octanol–water partition coefficient (Wildman–Crippen LogP) is 6.11. The molecule has 0 atom stereocenters. The fourth-order valence-corrected chi connectivity index (χ4v) is 4.25. The van der Waals surface area contributed by atoms with Crippen LogP contribution in [-0.2, 0) is 4.79 Å². The van der Waals surface area contributed by atoms with Crippen LogP contribution < -0.4 is 10.1 Å². The zero-order valence-electron chi connectivity index (χ0n) is 21.7. The average molecular weight is 558 g/mol. The number of nitrogens with one attached hydrogen (secondary N) is 1. The first-order valence-corrected chi connectivity index (χ1v) is 12.5. The van der Waals surface area contributed by atoms with Crippen LogP contribution in [0.15, 0.2) is 61.1 Å². The molecule has 0 spiro atoms. The van der Waals surface area contributed by atoms with Gasteiger partial charge < -0.3 is 19.7 Å². The number of carboxylic acid groups (broad SMARTS) is 1. The lowest BCUT2D eigenvalue weighted by Crippen LogP contribution is -2.29. The number of rotatable bonds is 5. The van der Waals surface area contributed by atoms with Gasteiger partial charge in [0.15, 0.2) is 0 Å². The first-order valence-electron chi connectivity index (χ1n) is 12.5. The van der Waals surface area contributed by atoms with E-state index in [1.807, 2.05) is 44.4 Å². The van der Waals surface area contributed by atoms with Gasteiger partial charge in [0, 0.05) is 17.8 Å². The molecular formula is C28H27F4N5O3. The molecule has 0 aliphatic carbocycles. The fourth-order valence-electron chi connectivity index (χ4n) is 4.25. The summed E-state index contributed by atoms with van der Waals surface area (Å²) in [6, 6.07) is 14.8. The molecule has 0 saturated carbocycles. The van der Waals surface area contributed by atoms with Gasteiger partial charge in [-0.25, -0.2) is 19.2 Å². The lowest BCUT2D eigenvalue weighted by molar-refractivity contribution is -0.192. The second kappa shape index (κ2) is 12.2. The first kappa shape index (κ1) is 28.7. The van der Waals surface area contributed by atoms with Crippen LogP contribution in [0.25, 0.3) is 22.6 Å². The molecule has 3 heterocycles. The van der Waals surface area contributed by atoms with E-state index in [0.29, 0.717) is 6.04 Å². The number of ether oxygens (including phenoxy) is 1. The van der Waals surface area contributed by atoms with Crippen LogP contribution >= 0.6 is 0 Å². The minimum absolute atomic E-state index is 0.274. The topological polar surface area (TPSA) is 102 Å². The van der Waals surface area contributed by atoms with E-state index in [9.17, 15) is 17.6 Å². The lowest BCUT2D eigenvalue weighted by atomic mass is 10.0. The molecule has 1 aliphatic heterocycles. The molecule has 0 unspecified atom stereocenters. The van der Waals surface area contributed by atoms with Crippen molar-refractivity contribution in [2.24, 2.45) is 0 Å². The summed E-state index contributed by atoms with van der Waals surface area (Å²) < 4.78 is 53.6. The molecule has 2 aromatic carbocycles. The number of aromatic nitrogens is 4. The molecule has 40 heavy (non-hydrogen) atoms. The summed E-state index contributed by atoms with van der Waals surface area (Å²) in [6.07, 6.45) is 0.501. The van der Waals surface area contributed by atoms with E-state index in [1.54, 1.807) is 18.3 Å². The lowest BCUT2D eigenvalue weighted by Gasteiger charge is -2.25. The Labute approximate surface area is 227 Å². The maximum atomic E-state index is 13.6. The van der Waals surface area contributed by atoms with Crippen molar-refractivity contribution in [2.75, 3.05) is 13.1 Å². The van der Waals surface area contributed by atoms with Crippen LogP contribution in [-0.4, -0.2) is 49.9 Å². The summed E-state index contributed by atoms with van der Waals surface area (Å²) in [5, 5.41) is 10.5. The van der Waals surface area contributed by atoms with Gasteiger partial charge in [-0.2, -0.15) is 18.2 Å². The SMILES string of the molecule is Cc1cccc(Oc2nccc(-c3c(-c4ccc(F)cc4)ncn3C3CCNCC3)n2)c1C.O=C(O)C(F)(F)F. The Hall–Kier alpha value is -4.32. The third-order valence-electron chi connectivity index (χ3n) is 6.49. The van der Waals surface area contributed by atoms with E-state index in [1.165, 1.54) is 12.1 Å². The zero-order valence-corrected chi connectivity index (χ0v) is 21.7. The summed E-state index contributed by atoms with van der Waals surface area (Å²) in [7, 11) is 0. The number of hydrogen-bond donors (Lipinski definition) is 2. The highest BCUT2D eigenvalue weighted by Gasteiger charge is 2.38. The van der Waals surface area contributed by atoms with Gasteiger partial charge in [-0.05, 0) is 87.3 Å². The predicted molar refractivity (Wildman–Crippen MR) is 139 cm³/mol. The molecule has 1 saturated heterocycles. The van der Waals surface area contributed by atoms with Crippen molar-refractivity contribution in [3.8, 4) is 34.4 Å². The summed E-state index contributed by atoms with van der Waals surface area (Å²) in [4.78, 5) is 22.7. The van der Waals surface area contributed by atoms with E-state index < -0.39 is 12.1 Å². The molecule has 5 rings (SSSR count). The highest BCUT2D eigenvalue weighted by atomic mass is 19.4. The van der Waals surface area contributed by atoms with Crippen LogP contribution in [0.1, 0.15) is 30.0 Å². The van der Waals surface area contributed by atoms with Crippen molar-refractivity contribution in [3.05, 3.63) is 78.0 Å². The Morgan fingerprint density at radius 1 is 1.05 bits per heavy atom. The molecule has 210 valence electrons. The quantitative estimate of drug-likeness (QED) is 0.285. The van der Waals surface area contributed by atoms with Crippen LogP contribution in [0.4, 0.5) is 17.6 Å². The van der Waals surface area contributed by atoms with Crippen molar-refractivity contribution < 1.29 is 32.2 Å². The Bertz CT molecular complexity index is 1470. The number of alkyl halides is 3. The average Bonchev–Trinajstić information content (AvgIpc) is 3.37. The van der Waals surface area contributed by atoms with Gasteiger partial charge >= 0.3 is 18.2 Å². The number of imidazole rings is 1. The minimum Gasteiger partial charge on any atom is -0.475 e. The van der Waals surface area contributed by atoms with Gasteiger partial charge in [0.1, 0.15) is 11.6 Å². The molecule has 1 aliphatic rings. The van der Waals surface area contributed by atoms with Gasteiger partial charge in [0.05, 0.1) is 23.4 Å².